The van der Waals surface area contributed by atoms with Crippen LogP contribution in [-0.4, -0.2) is 44.4 Å². The fourth-order valence-electron chi connectivity index (χ4n) is 2.59. The summed E-state index contributed by atoms with van der Waals surface area (Å²) in [4.78, 5) is 2.41. The van der Waals surface area contributed by atoms with Crippen molar-refractivity contribution in [1.82, 2.24) is 4.90 Å². The molecular weight excluding hydrogens is 228 g/mol. The maximum Gasteiger partial charge on any atom is 0.119 e. The molecule has 2 rings (SSSR count). The Hall–Kier alpha value is -1.10. The van der Waals surface area contributed by atoms with Crippen LogP contribution in [0.3, 0.4) is 0 Å². The Morgan fingerprint density at radius 1 is 1.50 bits per heavy atom. The Labute approximate surface area is 109 Å². The summed E-state index contributed by atoms with van der Waals surface area (Å²) in [5.74, 6) is 0.880. The van der Waals surface area contributed by atoms with Crippen molar-refractivity contribution in [3.8, 4) is 5.75 Å². The van der Waals surface area contributed by atoms with E-state index < -0.39 is 0 Å². The highest BCUT2D eigenvalue weighted by Gasteiger charge is 2.31. The predicted octanol–water partition coefficient (Wildman–Crippen LogP) is 1.42. The summed E-state index contributed by atoms with van der Waals surface area (Å²) in [5, 5.41) is 0. The van der Waals surface area contributed by atoms with Gasteiger partial charge >= 0.3 is 0 Å². The Morgan fingerprint density at radius 2 is 2.33 bits per heavy atom. The molecule has 0 bridgehead atoms. The number of likely N-dealkylation sites (N-methyl/N-ethyl adjacent to an activating group) is 1. The highest BCUT2D eigenvalue weighted by molar-refractivity contribution is 5.31. The van der Waals surface area contributed by atoms with Crippen molar-refractivity contribution in [2.75, 3.05) is 33.4 Å². The van der Waals surface area contributed by atoms with E-state index in [1.54, 1.807) is 7.11 Å². The van der Waals surface area contributed by atoms with Crippen LogP contribution in [0.5, 0.6) is 5.75 Å². The number of nitrogens with two attached hydrogens (primary N) is 1. The minimum atomic E-state index is 0.0609. The zero-order valence-corrected chi connectivity index (χ0v) is 11.1. The average molecular weight is 250 g/mol. The molecule has 100 valence electrons. The first kappa shape index (κ1) is 13.3. The zero-order chi connectivity index (χ0) is 13.0. The molecule has 0 spiro atoms. The third kappa shape index (κ3) is 2.66. The minimum Gasteiger partial charge on any atom is -0.497 e. The van der Waals surface area contributed by atoms with Crippen LogP contribution < -0.4 is 10.5 Å². The third-order valence-electron chi connectivity index (χ3n) is 3.53. The molecule has 1 aliphatic rings. The molecule has 4 nitrogen and oxygen atoms in total. The maximum atomic E-state index is 5.84. The van der Waals surface area contributed by atoms with E-state index in [2.05, 4.69) is 24.0 Å². The summed E-state index contributed by atoms with van der Waals surface area (Å²) in [6, 6.07) is 8.40. The molecule has 0 aliphatic carbocycles. The third-order valence-corrected chi connectivity index (χ3v) is 3.53. The molecule has 0 amide bonds. The first-order chi connectivity index (χ1) is 8.80. The number of nitrogens with zero attached hydrogens (tertiary/aromatic N) is 1. The van der Waals surface area contributed by atoms with Crippen molar-refractivity contribution in [3.63, 3.8) is 0 Å². The number of hydrogen-bond donors (Lipinski definition) is 1. The van der Waals surface area contributed by atoms with Crippen LogP contribution in [0.4, 0.5) is 0 Å². The summed E-state index contributed by atoms with van der Waals surface area (Å²) in [6.45, 7) is 5.43. The average Bonchev–Trinajstić information content (AvgIpc) is 2.46. The van der Waals surface area contributed by atoms with Gasteiger partial charge in [-0.3, -0.25) is 4.90 Å². The second-order valence-electron chi connectivity index (χ2n) is 4.49. The largest absolute Gasteiger partial charge is 0.497 e. The molecule has 4 heteroatoms. The van der Waals surface area contributed by atoms with Crippen LogP contribution in [0.15, 0.2) is 24.3 Å². The van der Waals surface area contributed by atoms with Gasteiger partial charge in [0.25, 0.3) is 0 Å². The van der Waals surface area contributed by atoms with Gasteiger partial charge in [-0.25, -0.2) is 0 Å². The Morgan fingerprint density at radius 3 is 3.00 bits per heavy atom. The standard InChI is InChI=1S/C14H22N2O2/c1-3-16-7-8-18-13(10-15)14(16)11-5-4-6-12(9-11)17-2/h4-6,9,13-14H,3,7-8,10,15H2,1-2H3. The van der Waals surface area contributed by atoms with E-state index in [-0.39, 0.29) is 12.1 Å². The lowest BCUT2D eigenvalue weighted by atomic mass is 9.97. The van der Waals surface area contributed by atoms with Crippen LogP contribution in [0.2, 0.25) is 0 Å². The van der Waals surface area contributed by atoms with Gasteiger partial charge in [-0.1, -0.05) is 19.1 Å². The summed E-state index contributed by atoms with van der Waals surface area (Å²) in [5.41, 5.74) is 7.05. The van der Waals surface area contributed by atoms with E-state index in [1.807, 2.05) is 12.1 Å². The summed E-state index contributed by atoms with van der Waals surface area (Å²) < 4.78 is 11.1. The predicted molar refractivity (Wildman–Crippen MR) is 71.8 cm³/mol. The van der Waals surface area contributed by atoms with E-state index in [0.29, 0.717) is 6.54 Å². The second kappa shape index (κ2) is 6.18. The van der Waals surface area contributed by atoms with Gasteiger partial charge in [-0.2, -0.15) is 0 Å². The van der Waals surface area contributed by atoms with Crippen molar-refractivity contribution in [2.24, 2.45) is 5.73 Å². The highest BCUT2D eigenvalue weighted by atomic mass is 16.5. The molecule has 0 aromatic heterocycles. The lowest BCUT2D eigenvalue weighted by molar-refractivity contribution is -0.0658. The summed E-state index contributed by atoms with van der Waals surface area (Å²) in [7, 11) is 1.69. The lowest BCUT2D eigenvalue weighted by Crippen LogP contribution is -2.48. The Bertz CT molecular complexity index is 372. The molecule has 1 aromatic carbocycles. The van der Waals surface area contributed by atoms with Crippen LogP contribution in [-0.2, 0) is 4.74 Å². The minimum absolute atomic E-state index is 0.0609. The van der Waals surface area contributed by atoms with Crippen LogP contribution in [0.25, 0.3) is 0 Å². The van der Waals surface area contributed by atoms with Gasteiger partial charge in [0, 0.05) is 13.1 Å². The Kier molecular flexibility index (Phi) is 4.58. The molecule has 1 aliphatic heterocycles. The number of benzene rings is 1. The van der Waals surface area contributed by atoms with Gasteiger partial charge in [0.1, 0.15) is 5.75 Å². The van der Waals surface area contributed by atoms with E-state index >= 15 is 0 Å². The SMILES string of the molecule is CCN1CCOC(CN)C1c1cccc(OC)c1. The molecule has 1 heterocycles. The van der Waals surface area contributed by atoms with Crippen molar-refractivity contribution in [1.29, 1.82) is 0 Å². The van der Waals surface area contributed by atoms with Crippen LogP contribution in [0.1, 0.15) is 18.5 Å². The molecule has 1 aromatic rings. The number of hydrogen-bond acceptors (Lipinski definition) is 4. The van der Waals surface area contributed by atoms with E-state index in [0.717, 1.165) is 25.4 Å². The van der Waals surface area contributed by atoms with E-state index in [4.69, 9.17) is 15.2 Å². The maximum absolute atomic E-state index is 5.84. The molecular formula is C14H22N2O2. The van der Waals surface area contributed by atoms with Gasteiger partial charge in [-0.05, 0) is 24.2 Å². The number of morpholine rings is 1. The fourth-order valence-corrected chi connectivity index (χ4v) is 2.59. The topological polar surface area (TPSA) is 47.7 Å². The van der Waals surface area contributed by atoms with Crippen molar-refractivity contribution < 1.29 is 9.47 Å². The van der Waals surface area contributed by atoms with Gasteiger partial charge in [0.05, 0.1) is 25.9 Å². The number of rotatable bonds is 4. The molecule has 18 heavy (non-hydrogen) atoms. The normalized spacial score (nSPS) is 25.1. The Balaban J connectivity index is 2.29. The smallest absolute Gasteiger partial charge is 0.119 e. The van der Waals surface area contributed by atoms with Gasteiger partial charge in [-0.15, -0.1) is 0 Å². The van der Waals surface area contributed by atoms with Crippen molar-refractivity contribution >= 4 is 0 Å². The summed E-state index contributed by atoms with van der Waals surface area (Å²) in [6.07, 6.45) is 0.0609. The molecule has 2 N–H and O–H groups in total. The molecule has 2 atom stereocenters. The first-order valence-corrected chi connectivity index (χ1v) is 6.49. The lowest BCUT2D eigenvalue weighted by Gasteiger charge is -2.40. The molecule has 1 saturated heterocycles. The van der Waals surface area contributed by atoms with Gasteiger partial charge in [0.2, 0.25) is 0 Å². The van der Waals surface area contributed by atoms with E-state index in [9.17, 15) is 0 Å². The van der Waals surface area contributed by atoms with Crippen molar-refractivity contribution in [2.45, 2.75) is 19.1 Å². The van der Waals surface area contributed by atoms with Gasteiger partial charge < -0.3 is 15.2 Å². The zero-order valence-electron chi connectivity index (χ0n) is 11.1. The molecule has 2 unspecified atom stereocenters. The monoisotopic (exact) mass is 250 g/mol. The fraction of sp³-hybridized carbons (Fsp3) is 0.571. The quantitative estimate of drug-likeness (QED) is 0.878. The van der Waals surface area contributed by atoms with Crippen molar-refractivity contribution in [3.05, 3.63) is 29.8 Å². The second-order valence-corrected chi connectivity index (χ2v) is 4.49. The van der Waals surface area contributed by atoms with Crippen LogP contribution >= 0.6 is 0 Å². The summed E-state index contributed by atoms with van der Waals surface area (Å²) >= 11 is 0. The molecule has 0 radical (unpaired) electrons. The van der Waals surface area contributed by atoms with E-state index in [1.165, 1.54) is 5.56 Å². The highest BCUT2D eigenvalue weighted by Crippen LogP contribution is 2.30. The molecule has 1 fully saturated rings. The first-order valence-electron chi connectivity index (χ1n) is 6.49. The number of methoxy groups -OCH3 is 1. The van der Waals surface area contributed by atoms with Gasteiger partial charge in [0.15, 0.2) is 0 Å². The van der Waals surface area contributed by atoms with Crippen LogP contribution in [0, 0.1) is 0 Å². The molecule has 0 saturated carbocycles. The number of ether oxygens (including phenoxy) is 2.